The van der Waals surface area contributed by atoms with Crippen LogP contribution in [-0.4, -0.2) is 78.8 Å². The number of hydrogen-bond acceptors (Lipinski definition) is 7. The summed E-state index contributed by atoms with van der Waals surface area (Å²) in [5.74, 6) is -0.489. The predicted octanol–water partition coefficient (Wildman–Crippen LogP) is 3.41. The Hall–Kier alpha value is -2.21. The number of aromatic nitrogens is 2. The zero-order valence-corrected chi connectivity index (χ0v) is 23.3. The lowest BCUT2D eigenvalue weighted by Crippen LogP contribution is -2.59. The minimum Gasteiger partial charge on any atom is -0.379 e. The SMILES string of the molecule is COC1CC(NC(=O)c2nc3c(s2)CN(C)CC3)C(NC(=O)c2cc3cc(Cl)ccc3[nH]2)C[C@@H]1OC.Cl. The van der Waals surface area contributed by atoms with Crippen LogP contribution < -0.4 is 10.6 Å². The fraction of sp³-hybridized carbons (Fsp3) is 0.480. The molecule has 3 heterocycles. The summed E-state index contributed by atoms with van der Waals surface area (Å²) in [6.45, 7) is 1.74. The number of methoxy groups -OCH3 is 2. The molecule has 3 N–H and O–H groups in total. The molecule has 3 unspecified atom stereocenters. The Bertz CT molecular complexity index is 1280. The Morgan fingerprint density at radius 1 is 1.11 bits per heavy atom. The predicted molar refractivity (Wildman–Crippen MR) is 146 cm³/mol. The first-order valence-corrected chi connectivity index (χ1v) is 13.2. The van der Waals surface area contributed by atoms with Gasteiger partial charge in [0, 0.05) is 54.5 Å². The molecule has 1 aromatic carbocycles. The average Bonchev–Trinajstić information content (AvgIpc) is 3.48. The van der Waals surface area contributed by atoms with Crippen LogP contribution in [0.3, 0.4) is 0 Å². The van der Waals surface area contributed by atoms with Crippen molar-refractivity contribution < 1.29 is 19.1 Å². The molecule has 0 bridgehead atoms. The first-order chi connectivity index (χ1) is 17.3. The molecule has 0 saturated heterocycles. The largest absolute Gasteiger partial charge is 0.379 e. The standard InChI is InChI=1S/C25H30ClN5O4S.ClH/c1-31-7-6-16-22(12-31)36-25(30-16)24(33)29-18-11-21(35-3)20(34-2)10-17(18)28-23(32)19-9-13-8-14(26)4-5-15(13)27-19;/h4-5,8-9,17-18,20-21,27H,6-7,10-12H2,1-3H3,(H,28,32)(H,29,33);1H/t17?,18?,20-,21?;/m0./s1. The van der Waals surface area contributed by atoms with Crippen molar-refractivity contribution >= 4 is 58.1 Å². The van der Waals surface area contributed by atoms with E-state index < -0.39 is 0 Å². The minimum atomic E-state index is -0.353. The van der Waals surface area contributed by atoms with E-state index in [1.165, 1.54) is 11.3 Å². The molecule has 2 amide bonds. The molecule has 1 fully saturated rings. The Labute approximate surface area is 230 Å². The number of ether oxygens (including phenoxy) is 2. The third-order valence-corrected chi connectivity index (χ3v) is 8.37. The number of hydrogen-bond donors (Lipinski definition) is 3. The average molecular weight is 569 g/mol. The molecule has 4 atom stereocenters. The maximum Gasteiger partial charge on any atom is 0.280 e. The van der Waals surface area contributed by atoms with Gasteiger partial charge in [-0.25, -0.2) is 4.98 Å². The highest BCUT2D eigenvalue weighted by molar-refractivity contribution is 7.13. The highest BCUT2D eigenvalue weighted by atomic mass is 35.5. The Kier molecular flexibility index (Phi) is 8.77. The monoisotopic (exact) mass is 567 g/mol. The van der Waals surface area contributed by atoms with E-state index in [4.69, 9.17) is 21.1 Å². The van der Waals surface area contributed by atoms with Gasteiger partial charge in [-0.05, 0) is 44.2 Å². The van der Waals surface area contributed by atoms with Gasteiger partial charge in [0.05, 0.1) is 30.0 Å². The van der Waals surface area contributed by atoms with E-state index in [1.54, 1.807) is 26.4 Å². The van der Waals surface area contributed by atoms with Crippen LogP contribution in [0.15, 0.2) is 24.3 Å². The number of carbonyl (C=O) groups is 2. The topological polar surface area (TPSA) is 109 Å². The summed E-state index contributed by atoms with van der Waals surface area (Å²) in [6.07, 6.45) is 1.42. The molecule has 2 aliphatic rings. The molecule has 1 aliphatic heterocycles. The van der Waals surface area contributed by atoms with Gasteiger partial charge in [-0.3, -0.25) is 9.59 Å². The maximum absolute atomic E-state index is 13.2. The van der Waals surface area contributed by atoms with Gasteiger partial charge in [0.25, 0.3) is 11.8 Å². The minimum absolute atomic E-state index is 0. The van der Waals surface area contributed by atoms with Crippen LogP contribution >= 0.6 is 35.3 Å². The number of likely N-dealkylation sites (N-methyl/N-ethyl adjacent to an activating group) is 1. The van der Waals surface area contributed by atoms with E-state index in [1.807, 2.05) is 12.1 Å². The number of thiazole rings is 1. The van der Waals surface area contributed by atoms with E-state index in [9.17, 15) is 9.59 Å². The highest BCUT2D eigenvalue weighted by Gasteiger charge is 2.40. The van der Waals surface area contributed by atoms with Crippen LogP contribution in [-0.2, 0) is 22.4 Å². The zero-order valence-electron chi connectivity index (χ0n) is 20.9. The maximum atomic E-state index is 13.2. The molecular weight excluding hydrogens is 537 g/mol. The molecule has 0 radical (unpaired) electrons. The van der Waals surface area contributed by atoms with Crippen molar-refractivity contribution in [1.82, 2.24) is 25.5 Å². The number of nitrogens with zero attached hydrogens (tertiary/aromatic N) is 2. The van der Waals surface area contributed by atoms with Crippen molar-refractivity contribution in [3.63, 3.8) is 0 Å². The Morgan fingerprint density at radius 2 is 1.78 bits per heavy atom. The van der Waals surface area contributed by atoms with E-state index in [-0.39, 0.29) is 48.5 Å². The quantitative estimate of drug-likeness (QED) is 0.421. The van der Waals surface area contributed by atoms with Crippen molar-refractivity contribution in [2.75, 3.05) is 27.8 Å². The van der Waals surface area contributed by atoms with Crippen LogP contribution in [0.1, 0.15) is 43.7 Å². The van der Waals surface area contributed by atoms with Gasteiger partial charge in [0.1, 0.15) is 5.69 Å². The van der Waals surface area contributed by atoms with Gasteiger partial charge in [0.15, 0.2) is 5.01 Å². The van der Waals surface area contributed by atoms with Gasteiger partial charge in [-0.1, -0.05) is 11.6 Å². The second-order valence-corrected chi connectivity index (χ2v) is 11.0. The number of carbonyl (C=O) groups excluding carboxylic acids is 2. The normalized spacial score (nSPS) is 23.8. The molecule has 0 spiro atoms. The smallest absolute Gasteiger partial charge is 0.280 e. The van der Waals surface area contributed by atoms with Crippen LogP contribution in [0.25, 0.3) is 10.9 Å². The van der Waals surface area contributed by atoms with E-state index in [2.05, 4.69) is 32.5 Å². The molecule has 3 aromatic rings. The lowest BCUT2D eigenvalue weighted by atomic mass is 9.85. The van der Waals surface area contributed by atoms with Crippen LogP contribution in [0, 0.1) is 0 Å². The molecule has 2 aromatic heterocycles. The van der Waals surface area contributed by atoms with Crippen molar-refractivity contribution in [2.45, 2.75) is 50.1 Å². The van der Waals surface area contributed by atoms with Crippen molar-refractivity contribution in [3.8, 4) is 0 Å². The molecule has 200 valence electrons. The summed E-state index contributed by atoms with van der Waals surface area (Å²) in [5.41, 5.74) is 2.26. The summed E-state index contributed by atoms with van der Waals surface area (Å²) in [5, 5.41) is 8.14. The highest BCUT2D eigenvalue weighted by Crippen LogP contribution is 2.28. The third kappa shape index (κ3) is 5.94. The molecule has 1 aliphatic carbocycles. The summed E-state index contributed by atoms with van der Waals surface area (Å²) in [7, 11) is 5.33. The fourth-order valence-electron chi connectivity index (χ4n) is 5.07. The van der Waals surface area contributed by atoms with Crippen LogP contribution in [0.2, 0.25) is 5.02 Å². The number of nitrogens with one attached hydrogen (secondary N) is 3. The molecule has 9 nitrogen and oxygen atoms in total. The Morgan fingerprint density at radius 3 is 2.46 bits per heavy atom. The van der Waals surface area contributed by atoms with Gasteiger partial charge in [0.2, 0.25) is 0 Å². The summed E-state index contributed by atoms with van der Waals surface area (Å²) < 4.78 is 11.3. The fourth-order valence-corrected chi connectivity index (χ4v) is 6.34. The first-order valence-electron chi connectivity index (χ1n) is 12.0. The lowest BCUT2D eigenvalue weighted by molar-refractivity contribution is -0.0709. The molecular formula is C25H31Cl2N5O4S. The van der Waals surface area contributed by atoms with Gasteiger partial charge in [-0.2, -0.15) is 0 Å². The number of benzene rings is 1. The van der Waals surface area contributed by atoms with Gasteiger partial charge in [-0.15, -0.1) is 23.7 Å². The second kappa shape index (κ2) is 11.7. The second-order valence-electron chi connectivity index (χ2n) is 9.47. The summed E-state index contributed by atoms with van der Waals surface area (Å²) in [6, 6.07) is 6.50. The van der Waals surface area contributed by atoms with Gasteiger partial charge < -0.3 is 30.0 Å². The van der Waals surface area contributed by atoms with E-state index in [0.717, 1.165) is 41.0 Å². The number of aromatic amines is 1. The summed E-state index contributed by atoms with van der Waals surface area (Å²) >= 11 is 7.53. The number of rotatable bonds is 6. The summed E-state index contributed by atoms with van der Waals surface area (Å²) in [4.78, 5) is 37.5. The molecule has 12 heteroatoms. The van der Waals surface area contributed by atoms with Crippen molar-refractivity contribution in [1.29, 1.82) is 0 Å². The molecule has 5 rings (SSSR count). The van der Waals surface area contributed by atoms with Gasteiger partial charge >= 0.3 is 0 Å². The number of fused-ring (bicyclic) bond motifs is 2. The van der Waals surface area contributed by atoms with Crippen molar-refractivity contribution in [3.05, 3.63) is 50.6 Å². The Balaban J connectivity index is 0.00000320. The van der Waals surface area contributed by atoms with Crippen LogP contribution in [0.5, 0.6) is 0 Å². The van der Waals surface area contributed by atoms with Crippen molar-refractivity contribution in [2.24, 2.45) is 0 Å². The number of H-pyrrole nitrogens is 1. The zero-order chi connectivity index (χ0) is 25.4. The molecule has 37 heavy (non-hydrogen) atoms. The number of amides is 2. The first kappa shape index (κ1) is 27.8. The third-order valence-electron chi connectivity index (χ3n) is 7.06. The van der Waals surface area contributed by atoms with E-state index in [0.29, 0.717) is 28.6 Å². The van der Waals surface area contributed by atoms with Crippen LogP contribution in [0.4, 0.5) is 0 Å². The number of halogens is 2. The van der Waals surface area contributed by atoms with E-state index >= 15 is 0 Å². The lowest BCUT2D eigenvalue weighted by Gasteiger charge is -2.40. The molecule has 1 saturated carbocycles.